The molecule has 0 amide bonds. The van der Waals surface area contributed by atoms with Gasteiger partial charge in [0, 0.05) is 12.3 Å². The zero-order valence-corrected chi connectivity index (χ0v) is 8.97. The van der Waals surface area contributed by atoms with E-state index in [0.717, 1.165) is 5.56 Å². The summed E-state index contributed by atoms with van der Waals surface area (Å²) in [4.78, 5) is 11.4. The maximum Gasteiger partial charge on any atom is 0.488 e. The molecule has 0 aliphatic heterocycles. The molecule has 0 saturated carbocycles. The molecule has 4 heteroatoms. The minimum absolute atomic E-state index is 0.0353. The van der Waals surface area contributed by atoms with Crippen LogP contribution in [0, 0.1) is 5.92 Å². The lowest BCUT2D eigenvalue weighted by atomic mass is 9.80. The summed E-state index contributed by atoms with van der Waals surface area (Å²) in [6.07, 6.45) is 0.402. The van der Waals surface area contributed by atoms with E-state index in [9.17, 15) is 4.79 Å². The predicted octanol–water partition coefficient (Wildman–Crippen LogP) is 0.134. The molecule has 0 saturated heterocycles. The molecule has 0 fully saturated rings. The summed E-state index contributed by atoms with van der Waals surface area (Å²) in [7, 11) is -1.44. The van der Waals surface area contributed by atoms with Crippen molar-refractivity contribution in [2.45, 2.75) is 20.3 Å². The van der Waals surface area contributed by atoms with Crippen molar-refractivity contribution in [1.82, 2.24) is 0 Å². The minimum Gasteiger partial charge on any atom is -0.423 e. The number of carbonyl (C=O) groups excluding carboxylic acids is 1. The number of carbonyl (C=O) groups is 1. The second kappa shape index (κ2) is 5.10. The molecule has 1 aromatic carbocycles. The lowest BCUT2D eigenvalue weighted by molar-refractivity contribution is -0.121. The van der Waals surface area contributed by atoms with Crippen LogP contribution in [0.25, 0.3) is 0 Å². The summed E-state index contributed by atoms with van der Waals surface area (Å²) in [5.74, 6) is 0.223. The highest BCUT2D eigenvalue weighted by Crippen LogP contribution is 2.04. The van der Waals surface area contributed by atoms with Gasteiger partial charge in [-0.25, -0.2) is 0 Å². The van der Waals surface area contributed by atoms with Gasteiger partial charge in [-0.1, -0.05) is 38.1 Å². The molecule has 0 radical (unpaired) electrons. The first-order chi connectivity index (χ1) is 7.00. The Balaban J connectivity index is 2.69. The van der Waals surface area contributed by atoms with Crippen LogP contribution in [-0.2, 0) is 11.2 Å². The van der Waals surface area contributed by atoms with E-state index in [1.807, 2.05) is 13.8 Å². The fourth-order valence-electron chi connectivity index (χ4n) is 1.21. The van der Waals surface area contributed by atoms with Gasteiger partial charge in [0.05, 0.1) is 0 Å². The van der Waals surface area contributed by atoms with Gasteiger partial charge in [0.1, 0.15) is 5.78 Å². The van der Waals surface area contributed by atoms with Crippen LogP contribution in [-0.4, -0.2) is 22.9 Å². The smallest absolute Gasteiger partial charge is 0.423 e. The molecule has 1 aromatic rings. The van der Waals surface area contributed by atoms with Crippen LogP contribution in [0.4, 0.5) is 0 Å². The van der Waals surface area contributed by atoms with Gasteiger partial charge in [0.15, 0.2) is 0 Å². The van der Waals surface area contributed by atoms with Gasteiger partial charge in [-0.2, -0.15) is 0 Å². The third kappa shape index (κ3) is 3.49. The van der Waals surface area contributed by atoms with Crippen LogP contribution < -0.4 is 5.46 Å². The molecular formula is C11H15BO3. The lowest BCUT2D eigenvalue weighted by Gasteiger charge is -2.05. The molecule has 0 atom stereocenters. The molecule has 0 spiro atoms. The fraction of sp³-hybridized carbons (Fsp3) is 0.364. The highest BCUT2D eigenvalue weighted by molar-refractivity contribution is 6.58. The Bertz CT molecular complexity index is 330. The number of Topliss-reactive ketones (excluding diaryl/α,β-unsaturated/α-hetero) is 1. The topological polar surface area (TPSA) is 57.5 Å². The first kappa shape index (κ1) is 11.9. The normalized spacial score (nSPS) is 10.5. The van der Waals surface area contributed by atoms with Gasteiger partial charge < -0.3 is 10.0 Å². The molecule has 0 aromatic heterocycles. The number of ketones is 1. The van der Waals surface area contributed by atoms with Crippen molar-refractivity contribution >= 4 is 18.4 Å². The maximum atomic E-state index is 11.4. The van der Waals surface area contributed by atoms with Gasteiger partial charge in [-0.15, -0.1) is 0 Å². The summed E-state index contributed by atoms with van der Waals surface area (Å²) in [5, 5.41) is 17.7. The van der Waals surface area contributed by atoms with Gasteiger partial charge in [0.2, 0.25) is 0 Å². The molecule has 0 aliphatic carbocycles. The van der Waals surface area contributed by atoms with E-state index in [2.05, 4.69) is 0 Å². The molecule has 0 unspecified atom stereocenters. The van der Waals surface area contributed by atoms with E-state index >= 15 is 0 Å². The highest BCUT2D eigenvalue weighted by Gasteiger charge is 2.11. The van der Waals surface area contributed by atoms with Crippen molar-refractivity contribution in [3.63, 3.8) is 0 Å². The quantitative estimate of drug-likeness (QED) is 0.688. The average molecular weight is 206 g/mol. The summed E-state index contributed by atoms with van der Waals surface area (Å²) < 4.78 is 0. The van der Waals surface area contributed by atoms with Gasteiger partial charge in [-0.05, 0) is 11.0 Å². The maximum absolute atomic E-state index is 11.4. The van der Waals surface area contributed by atoms with Crippen molar-refractivity contribution in [2.75, 3.05) is 0 Å². The second-order valence-electron chi connectivity index (χ2n) is 3.91. The van der Waals surface area contributed by atoms with Crippen LogP contribution in [0.1, 0.15) is 19.4 Å². The van der Waals surface area contributed by atoms with E-state index in [1.165, 1.54) is 0 Å². The van der Waals surface area contributed by atoms with Crippen LogP contribution in [0.15, 0.2) is 24.3 Å². The molecule has 15 heavy (non-hydrogen) atoms. The number of rotatable bonds is 4. The van der Waals surface area contributed by atoms with Crippen molar-refractivity contribution in [3.05, 3.63) is 29.8 Å². The second-order valence-corrected chi connectivity index (χ2v) is 3.91. The third-order valence-electron chi connectivity index (χ3n) is 2.30. The van der Waals surface area contributed by atoms with E-state index in [4.69, 9.17) is 10.0 Å². The Morgan fingerprint density at radius 2 is 1.80 bits per heavy atom. The van der Waals surface area contributed by atoms with Crippen LogP contribution >= 0.6 is 0 Å². The molecule has 3 nitrogen and oxygen atoms in total. The molecular weight excluding hydrogens is 191 g/mol. The SMILES string of the molecule is CC(C)C(=O)Cc1ccc(B(O)O)cc1. The minimum atomic E-state index is -1.44. The van der Waals surface area contributed by atoms with Crippen molar-refractivity contribution in [1.29, 1.82) is 0 Å². The van der Waals surface area contributed by atoms with Crippen LogP contribution in [0.5, 0.6) is 0 Å². The zero-order valence-electron chi connectivity index (χ0n) is 8.97. The standard InChI is InChI=1S/C11H15BO3/c1-8(2)11(13)7-9-3-5-10(6-4-9)12(14)15/h3-6,8,14-15H,7H2,1-2H3. The number of hydrogen-bond acceptors (Lipinski definition) is 3. The molecule has 1 rings (SSSR count). The van der Waals surface area contributed by atoms with Crippen molar-refractivity contribution in [3.8, 4) is 0 Å². The molecule has 0 heterocycles. The molecule has 0 aliphatic rings. The monoisotopic (exact) mass is 206 g/mol. The van der Waals surface area contributed by atoms with E-state index in [1.54, 1.807) is 24.3 Å². The Morgan fingerprint density at radius 3 is 2.20 bits per heavy atom. The Hall–Kier alpha value is -1.13. The Kier molecular flexibility index (Phi) is 4.06. The van der Waals surface area contributed by atoms with Gasteiger partial charge >= 0.3 is 7.12 Å². The van der Waals surface area contributed by atoms with Crippen molar-refractivity contribution < 1.29 is 14.8 Å². The van der Waals surface area contributed by atoms with E-state index in [0.29, 0.717) is 11.9 Å². The Labute approximate surface area is 89.9 Å². The van der Waals surface area contributed by atoms with Gasteiger partial charge in [-0.3, -0.25) is 4.79 Å². The summed E-state index contributed by atoms with van der Waals surface area (Å²) in [5.41, 5.74) is 1.34. The third-order valence-corrected chi connectivity index (χ3v) is 2.30. The number of hydrogen-bond donors (Lipinski definition) is 2. The number of benzene rings is 1. The highest BCUT2D eigenvalue weighted by atomic mass is 16.4. The van der Waals surface area contributed by atoms with E-state index in [-0.39, 0.29) is 11.7 Å². The molecule has 80 valence electrons. The summed E-state index contributed by atoms with van der Waals surface area (Å²) in [6, 6.07) is 6.73. The predicted molar refractivity (Wildman–Crippen MR) is 59.8 cm³/mol. The largest absolute Gasteiger partial charge is 0.488 e. The zero-order chi connectivity index (χ0) is 11.4. The van der Waals surface area contributed by atoms with Crippen molar-refractivity contribution in [2.24, 2.45) is 5.92 Å². The Morgan fingerprint density at radius 1 is 1.27 bits per heavy atom. The fourth-order valence-corrected chi connectivity index (χ4v) is 1.21. The van der Waals surface area contributed by atoms with Crippen LogP contribution in [0.2, 0.25) is 0 Å². The molecule has 0 bridgehead atoms. The summed E-state index contributed by atoms with van der Waals surface area (Å²) in [6.45, 7) is 3.74. The first-order valence-electron chi connectivity index (χ1n) is 4.98. The first-order valence-corrected chi connectivity index (χ1v) is 4.98. The van der Waals surface area contributed by atoms with E-state index < -0.39 is 7.12 Å². The summed E-state index contributed by atoms with van der Waals surface area (Å²) >= 11 is 0. The lowest BCUT2D eigenvalue weighted by Crippen LogP contribution is -2.29. The van der Waals surface area contributed by atoms with Crippen LogP contribution in [0.3, 0.4) is 0 Å². The van der Waals surface area contributed by atoms with Gasteiger partial charge in [0.25, 0.3) is 0 Å². The molecule has 2 N–H and O–H groups in total. The average Bonchev–Trinajstić information content (AvgIpc) is 2.18.